The molecule has 1 heterocycles. The molecule has 0 saturated carbocycles. The number of anilines is 1. The summed E-state index contributed by atoms with van der Waals surface area (Å²) in [7, 11) is 4.61. The average Bonchev–Trinajstić information content (AvgIpc) is 3.18. The van der Waals surface area contributed by atoms with Gasteiger partial charge in [-0.3, -0.25) is 14.5 Å². The summed E-state index contributed by atoms with van der Waals surface area (Å²) in [5.41, 5.74) is 4.23. The summed E-state index contributed by atoms with van der Waals surface area (Å²) in [6, 6.07) is 15.4. The summed E-state index contributed by atoms with van der Waals surface area (Å²) in [6.45, 7) is 5.74. The minimum Gasteiger partial charge on any atom is -0.507 e. The Labute approximate surface area is 216 Å². The van der Waals surface area contributed by atoms with Crippen molar-refractivity contribution in [1.82, 2.24) is 0 Å². The van der Waals surface area contributed by atoms with E-state index in [0.29, 0.717) is 39.6 Å². The van der Waals surface area contributed by atoms with Gasteiger partial charge in [0.2, 0.25) is 0 Å². The first kappa shape index (κ1) is 25.8. The summed E-state index contributed by atoms with van der Waals surface area (Å²) in [4.78, 5) is 28.5. The average molecular weight is 502 g/mol. The van der Waals surface area contributed by atoms with Crippen LogP contribution in [0.15, 0.2) is 60.2 Å². The number of benzene rings is 3. The number of Topliss-reactive ketones (excluding diaryl/α,β-unsaturated/α-hetero) is 1. The molecule has 0 aromatic heterocycles. The molecule has 7 heteroatoms. The third-order valence-electron chi connectivity index (χ3n) is 6.76. The fourth-order valence-corrected chi connectivity index (χ4v) is 4.69. The van der Waals surface area contributed by atoms with Gasteiger partial charge in [0.1, 0.15) is 23.0 Å². The zero-order valence-electron chi connectivity index (χ0n) is 21.9. The number of ether oxygens (including phenoxy) is 3. The molecule has 3 aromatic carbocycles. The molecule has 0 radical (unpaired) electrons. The maximum atomic E-state index is 13.5. The topological polar surface area (TPSA) is 85.3 Å². The number of hydrogen-bond donors (Lipinski definition) is 1. The second-order valence-corrected chi connectivity index (χ2v) is 8.97. The minimum absolute atomic E-state index is 0.0173. The molecule has 1 aliphatic heterocycles. The number of nitrogens with zero attached hydrogens (tertiary/aromatic N) is 1. The van der Waals surface area contributed by atoms with Gasteiger partial charge in [0, 0.05) is 23.8 Å². The number of ketones is 1. The van der Waals surface area contributed by atoms with Gasteiger partial charge in [0.15, 0.2) is 0 Å². The molecule has 4 rings (SSSR count). The number of carbonyl (C=O) groups excluding carboxylic acids is 2. The molecule has 1 aliphatic rings. The standard InChI is InChI=1S/C30H31NO6/c1-7-19-8-10-20(11-9-19)27-26(28(32)24-12-18(3)25(37-6)13-17(24)2)29(33)30(34)31(27)21-14-22(35-4)16-23(15-21)36-5/h8-16,27,32H,7H2,1-6H3/b28-26+. The van der Waals surface area contributed by atoms with Crippen LogP contribution in [-0.2, 0) is 16.0 Å². The molecule has 0 spiro atoms. The Morgan fingerprint density at radius 3 is 2.03 bits per heavy atom. The molecular weight excluding hydrogens is 470 g/mol. The SMILES string of the molecule is CCc1ccc(C2/C(=C(\O)c3cc(C)c(OC)cc3C)C(=O)C(=O)N2c2cc(OC)cc(OC)c2)cc1. The third-order valence-corrected chi connectivity index (χ3v) is 6.76. The molecule has 1 amide bonds. The van der Waals surface area contributed by atoms with Gasteiger partial charge in [-0.15, -0.1) is 0 Å². The number of aliphatic hydroxyl groups is 1. The number of amides is 1. The molecule has 1 fully saturated rings. The van der Waals surface area contributed by atoms with Crippen LogP contribution in [0.3, 0.4) is 0 Å². The first-order valence-electron chi connectivity index (χ1n) is 12.0. The van der Waals surface area contributed by atoms with Gasteiger partial charge in [0.05, 0.1) is 38.6 Å². The van der Waals surface area contributed by atoms with Crippen molar-refractivity contribution in [3.63, 3.8) is 0 Å². The van der Waals surface area contributed by atoms with Crippen molar-refractivity contribution < 1.29 is 28.9 Å². The van der Waals surface area contributed by atoms with Gasteiger partial charge in [-0.25, -0.2) is 0 Å². The summed E-state index contributed by atoms with van der Waals surface area (Å²) in [5.74, 6) is -0.134. The lowest BCUT2D eigenvalue weighted by Gasteiger charge is -2.26. The first-order chi connectivity index (χ1) is 17.7. The second kappa shape index (κ2) is 10.4. The number of methoxy groups -OCH3 is 3. The maximum Gasteiger partial charge on any atom is 0.300 e. The Morgan fingerprint density at radius 1 is 0.865 bits per heavy atom. The highest BCUT2D eigenvalue weighted by Gasteiger charge is 2.47. The lowest BCUT2D eigenvalue weighted by Crippen LogP contribution is -2.29. The van der Waals surface area contributed by atoms with Crippen LogP contribution in [0.2, 0.25) is 0 Å². The smallest absolute Gasteiger partial charge is 0.300 e. The molecule has 37 heavy (non-hydrogen) atoms. The maximum absolute atomic E-state index is 13.5. The predicted octanol–water partition coefficient (Wildman–Crippen LogP) is 5.52. The van der Waals surface area contributed by atoms with Crippen LogP contribution in [0.5, 0.6) is 17.2 Å². The first-order valence-corrected chi connectivity index (χ1v) is 12.0. The molecule has 1 saturated heterocycles. The monoisotopic (exact) mass is 501 g/mol. The number of aliphatic hydroxyl groups excluding tert-OH is 1. The number of rotatable bonds is 7. The minimum atomic E-state index is -0.857. The summed E-state index contributed by atoms with van der Waals surface area (Å²) in [6.07, 6.45) is 0.845. The van der Waals surface area contributed by atoms with Gasteiger partial charge in [-0.1, -0.05) is 31.2 Å². The Morgan fingerprint density at radius 2 is 1.49 bits per heavy atom. The molecule has 3 aromatic rings. The molecule has 7 nitrogen and oxygen atoms in total. The van der Waals surface area contributed by atoms with E-state index >= 15 is 0 Å². The van der Waals surface area contributed by atoms with E-state index in [4.69, 9.17) is 14.2 Å². The van der Waals surface area contributed by atoms with Gasteiger partial charge >= 0.3 is 0 Å². The van der Waals surface area contributed by atoms with Crippen molar-refractivity contribution in [3.05, 3.63) is 88.0 Å². The summed E-state index contributed by atoms with van der Waals surface area (Å²) in [5, 5.41) is 11.6. The van der Waals surface area contributed by atoms with E-state index in [2.05, 4.69) is 6.92 Å². The zero-order valence-corrected chi connectivity index (χ0v) is 21.9. The highest BCUT2D eigenvalue weighted by molar-refractivity contribution is 6.51. The molecule has 0 bridgehead atoms. The van der Waals surface area contributed by atoms with Crippen LogP contribution in [-0.4, -0.2) is 38.1 Å². The van der Waals surface area contributed by atoms with Crippen molar-refractivity contribution in [3.8, 4) is 17.2 Å². The predicted molar refractivity (Wildman–Crippen MR) is 143 cm³/mol. The number of carbonyl (C=O) groups is 2. The van der Waals surface area contributed by atoms with E-state index in [0.717, 1.165) is 17.5 Å². The molecule has 1 N–H and O–H groups in total. The molecule has 1 atom stereocenters. The van der Waals surface area contributed by atoms with Crippen LogP contribution in [0.1, 0.15) is 40.8 Å². The normalized spacial score (nSPS) is 16.7. The van der Waals surface area contributed by atoms with E-state index in [9.17, 15) is 14.7 Å². The molecule has 192 valence electrons. The van der Waals surface area contributed by atoms with Crippen molar-refractivity contribution in [2.75, 3.05) is 26.2 Å². The van der Waals surface area contributed by atoms with Gasteiger partial charge in [-0.2, -0.15) is 0 Å². The molecule has 1 unspecified atom stereocenters. The number of hydrogen-bond acceptors (Lipinski definition) is 6. The summed E-state index contributed by atoms with van der Waals surface area (Å²) >= 11 is 0. The Hall–Kier alpha value is -4.26. The van der Waals surface area contributed by atoms with Crippen LogP contribution >= 0.6 is 0 Å². The van der Waals surface area contributed by atoms with Crippen molar-refractivity contribution in [2.45, 2.75) is 33.2 Å². The van der Waals surface area contributed by atoms with Crippen LogP contribution in [0.4, 0.5) is 5.69 Å². The van der Waals surface area contributed by atoms with E-state index in [1.54, 1.807) is 37.4 Å². The second-order valence-electron chi connectivity index (χ2n) is 8.97. The van der Waals surface area contributed by atoms with Crippen LogP contribution in [0.25, 0.3) is 5.76 Å². The van der Waals surface area contributed by atoms with E-state index in [-0.39, 0.29) is 11.3 Å². The number of aryl methyl sites for hydroxylation is 3. The van der Waals surface area contributed by atoms with E-state index in [1.807, 2.05) is 38.1 Å². The van der Waals surface area contributed by atoms with Gasteiger partial charge in [0.25, 0.3) is 11.7 Å². The van der Waals surface area contributed by atoms with Crippen molar-refractivity contribution in [1.29, 1.82) is 0 Å². The lowest BCUT2D eigenvalue weighted by molar-refractivity contribution is -0.132. The third kappa shape index (κ3) is 4.65. The Kier molecular flexibility index (Phi) is 7.25. The fraction of sp³-hybridized carbons (Fsp3) is 0.267. The lowest BCUT2D eigenvalue weighted by atomic mass is 9.92. The molecular formula is C30H31NO6. The highest BCUT2D eigenvalue weighted by atomic mass is 16.5. The zero-order chi connectivity index (χ0) is 26.9. The largest absolute Gasteiger partial charge is 0.507 e. The fourth-order valence-electron chi connectivity index (χ4n) is 4.69. The Bertz CT molecular complexity index is 1370. The Balaban J connectivity index is 1.98. The summed E-state index contributed by atoms with van der Waals surface area (Å²) < 4.78 is 16.2. The van der Waals surface area contributed by atoms with Crippen molar-refractivity contribution >= 4 is 23.1 Å². The van der Waals surface area contributed by atoms with Crippen LogP contribution < -0.4 is 19.1 Å². The van der Waals surface area contributed by atoms with Crippen molar-refractivity contribution in [2.24, 2.45) is 0 Å². The quantitative estimate of drug-likeness (QED) is 0.261. The van der Waals surface area contributed by atoms with Crippen LogP contribution in [0, 0.1) is 13.8 Å². The van der Waals surface area contributed by atoms with E-state index < -0.39 is 17.7 Å². The highest BCUT2D eigenvalue weighted by Crippen LogP contribution is 2.44. The molecule has 0 aliphatic carbocycles. The van der Waals surface area contributed by atoms with Gasteiger partial charge in [-0.05, 0) is 54.7 Å². The van der Waals surface area contributed by atoms with E-state index in [1.165, 1.54) is 19.1 Å². The van der Waals surface area contributed by atoms with Gasteiger partial charge < -0.3 is 19.3 Å².